The van der Waals surface area contributed by atoms with E-state index in [0.29, 0.717) is 12.8 Å². The molecular weight excluding hydrogens is 933 g/mol. The highest BCUT2D eigenvalue weighted by atomic mass is 32.2. The first kappa shape index (κ1) is 68.7. The van der Waals surface area contributed by atoms with Gasteiger partial charge < -0.3 is 34.3 Å². The van der Waals surface area contributed by atoms with Crippen LogP contribution in [-0.2, 0) is 38.7 Å². The van der Waals surface area contributed by atoms with Crippen molar-refractivity contribution in [2.75, 3.05) is 19.0 Å². The van der Waals surface area contributed by atoms with Crippen molar-refractivity contribution in [1.29, 1.82) is 0 Å². The number of ether oxygens (including phenoxy) is 4. The molecule has 1 aliphatic rings. The van der Waals surface area contributed by atoms with Crippen LogP contribution in [0.3, 0.4) is 0 Å². The van der Waals surface area contributed by atoms with Gasteiger partial charge in [-0.3, -0.25) is 14.1 Å². The molecule has 1 fully saturated rings. The lowest BCUT2D eigenvalue weighted by atomic mass is 10.00. The number of rotatable bonds is 54. The van der Waals surface area contributed by atoms with Crippen molar-refractivity contribution < 1.29 is 56.8 Å². The third-order valence-corrected chi connectivity index (χ3v) is 15.4. The van der Waals surface area contributed by atoms with Gasteiger partial charge in [0.05, 0.1) is 6.61 Å². The van der Waals surface area contributed by atoms with Crippen LogP contribution in [0.2, 0.25) is 0 Å². The van der Waals surface area contributed by atoms with Crippen LogP contribution in [0.15, 0.2) is 0 Å². The van der Waals surface area contributed by atoms with Crippen LogP contribution < -0.4 is 0 Å². The van der Waals surface area contributed by atoms with Crippen LogP contribution in [-0.4, -0.2) is 96.0 Å². The van der Waals surface area contributed by atoms with Gasteiger partial charge in [-0.1, -0.05) is 284 Å². The molecule has 6 atom stereocenters. The van der Waals surface area contributed by atoms with Crippen molar-refractivity contribution in [2.24, 2.45) is 0 Å². The van der Waals surface area contributed by atoms with E-state index in [-0.39, 0.29) is 19.4 Å². The maximum absolute atomic E-state index is 12.9. The minimum absolute atomic E-state index is 0.174. The van der Waals surface area contributed by atoms with Crippen LogP contribution in [0.25, 0.3) is 0 Å². The van der Waals surface area contributed by atoms with E-state index >= 15 is 0 Å². The van der Waals surface area contributed by atoms with E-state index in [1.165, 1.54) is 231 Å². The molecular formula is C59H114O12S. The number of carbonyl (C=O) groups excluding carboxylic acids is 2. The molecule has 2 unspecified atom stereocenters. The normalized spacial score (nSPS) is 18.7. The van der Waals surface area contributed by atoms with Gasteiger partial charge in [0.15, 0.2) is 12.4 Å². The van der Waals surface area contributed by atoms with Crippen LogP contribution in [0.1, 0.15) is 309 Å². The Hall–Kier alpha value is -1.35. The molecule has 12 nitrogen and oxygen atoms in total. The lowest BCUT2D eigenvalue weighted by molar-refractivity contribution is -0.297. The molecule has 13 heteroatoms. The zero-order valence-electron chi connectivity index (χ0n) is 46.6. The number of aliphatic hydroxyl groups excluding tert-OH is 3. The van der Waals surface area contributed by atoms with Gasteiger partial charge in [0.25, 0.3) is 10.1 Å². The minimum Gasteiger partial charge on any atom is -0.462 e. The molecule has 0 aromatic heterocycles. The monoisotopic (exact) mass is 1050 g/mol. The fraction of sp³-hybridized carbons (Fsp3) is 0.966. The van der Waals surface area contributed by atoms with Crippen molar-refractivity contribution in [2.45, 2.75) is 346 Å². The molecule has 0 aromatic rings. The summed E-state index contributed by atoms with van der Waals surface area (Å²) < 4.78 is 54.5. The fourth-order valence-corrected chi connectivity index (χ4v) is 10.7. The molecule has 1 saturated heterocycles. The maximum Gasteiger partial charge on any atom is 0.306 e. The summed E-state index contributed by atoms with van der Waals surface area (Å²) in [6.45, 7) is 3.85. The average Bonchev–Trinajstić information content (AvgIpc) is 3.35. The zero-order chi connectivity index (χ0) is 52.6. The fourth-order valence-electron chi connectivity index (χ4n) is 9.98. The van der Waals surface area contributed by atoms with Crippen molar-refractivity contribution in [3.05, 3.63) is 0 Å². The Morgan fingerprint density at radius 2 is 0.708 bits per heavy atom. The molecule has 0 amide bonds. The van der Waals surface area contributed by atoms with Gasteiger partial charge in [0.1, 0.15) is 36.8 Å². The molecule has 0 radical (unpaired) electrons. The van der Waals surface area contributed by atoms with E-state index in [0.717, 1.165) is 38.5 Å². The van der Waals surface area contributed by atoms with E-state index in [9.17, 15) is 37.9 Å². The topological polar surface area (TPSA) is 186 Å². The first-order chi connectivity index (χ1) is 35.0. The predicted octanol–water partition coefficient (Wildman–Crippen LogP) is 15.1. The van der Waals surface area contributed by atoms with Gasteiger partial charge in [0.2, 0.25) is 0 Å². The highest BCUT2D eigenvalue weighted by Gasteiger charge is 2.46. The summed E-state index contributed by atoms with van der Waals surface area (Å²) in [5, 5.41) is 31.1. The van der Waals surface area contributed by atoms with E-state index < -0.39 is 71.2 Å². The molecule has 428 valence electrons. The van der Waals surface area contributed by atoms with E-state index in [4.69, 9.17) is 18.9 Å². The summed E-state index contributed by atoms with van der Waals surface area (Å²) in [6, 6.07) is 0. The molecule has 0 saturated carbocycles. The van der Waals surface area contributed by atoms with E-state index in [1.54, 1.807) is 0 Å². The second-order valence-electron chi connectivity index (χ2n) is 21.7. The smallest absolute Gasteiger partial charge is 0.306 e. The summed E-state index contributed by atoms with van der Waals surface area (Å²) in [4.78, 5) is 25.7. The van der Waals surface area contributed by atoms with E-state index in [1.807, 2.05) is 0 Å². The number of esters is 2. The molecule has 0 aliphatic carbocycles. The summed E-state index contributed by atoms with van der Waals surface area (Å²) in [7, 11) is -4.60. The first-order valence-electron chi connectivity index (χ1n) is 30.6. The summed E-state index contributed by atoms with van der Waals surface area (Å²) in [6.07, 6.45) is 47.2. The third-order valence-electron chi connectivity index (χ3n) is 14.7. The largest absolute Gasteiger partial charge is 0.462 e. The highest BCUT2D eigenvalue weighted by Crippen LogP contribution is 2.24. The zero-order valence-corrected chi connectivity index (χ0v) is 47.4. The molecule has 1 rings (SSSR count). The second kappa shape index (κ2) is 49.2. The first-order valence-corrected chi connectivity index (χ1v) is 32.2. The van der Waals surface area contributed by atoms with Gasteiger partial charge >= 0.3 is 11.9 Å². The van der Waals surface area contributed by atoms with Gasteiger partial charge in [-0.15, -0.1) is 0 Å². The molecule has 0 aromatic carbocycles. The van der Waals surface area contributed by atoms with Gasteiger partial charge in [-0.25, -0.2) is 0 Å². The van der Waals surface area contributed by atoms with Crippen LogP contribution in [0.4, 0.5) is 0 Å². The number of carbonyl (C=O) groups is 2. The van der Waals surface area contributed by atoms with Crippen molar-refractivity contribution in [3.63, 3.8) is 0 Å². The summed E-state index contributed by atoms with van der Waals surface area (Å²) >= 11 is 0. The van der Waals surface area contributed by atoms with E-state index in [2.05, 4.69) is 13.8 Å². The van der Waals surface area contributed by atoms with Crippen LogP contribution in [0.5, 0.6) is 0 Å². The Morgan fingerprint density at radius 3 is 1.01 bits per heavy atom. The Balaban J connectivity index is 2.26. The number of hydrogen-bond donors (Lipinski definition) is 4. The molecule has 1 aliphatic heterocycles. The Bertz CT molecular complexity index is 1320. The van der Waals surface area contributed by atoms with Gasteiger partial charge in [0, 0.05) is 12.8 Å². The molecule has 4 N–H and O–H groups in total. The predicted molar refractivity (Wildman–Crippen MR) is 294 cm³/mol. The van der Waals surface area contributed by atoms with Gasteiger partial charge in [-0.05, 0) is 12.8 Å². The Kier molecular flexibility index (Phi) is 47.0. The van der Waals surface area contributed by atoms with Crippen LogP contribution >= 0.6 is 0 Å². The standard InChI is InChI=1S/C59H114O12S/c1-3-5-7-9-11-13-15-17-19-21-23-25-27-29-31-33-35-37-39-41-43-45-47-54(60)68-49-52(50-69-59-58(64)57(63)56(62)53(71-59)51-72(65,66)67)70-55(61)48-46-44-42-40-38-36-34-32-30-28-26-24-22-20-18-16-14-12-10-8-6-4-2/h52-53,56-59,62-64H,3-51H2,1-2H3,(H,65,66,67)/t52-,53-,56-,57?,58?,59+/m1/s1. The molecule has 0 spiro atoms. The molecule has 1 heterocycles. The lowest BCUT2D eigenvalue weighted by Crippen LogP contribution is -2.60. The average molecular weight is 1050 g/mol. The van der Waals surface area contributed by atoms with Crippen LogP contribution in [0, 0.1) is 0 Å². The number of aliphatic hydroxyl groups is 3. The van der Waals surface area contributed by atoms with Gasteiger partial charge in [-0.2, -0.15) is 8.42 Å². The SMILES string of the molecule is CCCCCCCCCCCCCCCCCCCCCCCCC(=O)OC[C@H](CO[C@H]1O[C@H](CS(=O)(=O)O)[C@@H](O)C(O)C1O)OC(=O)CCCCCCCCCCCCCCCCCCCCCCCC. The van der Waals surface area contributed by atoms with Crippen molar-refractivity contribution in [1.82, 2.24) is 0 Å². The summed E-state index contributed by atoms with van der Waals surface area (Å²) in [5.74, 6) is -1.95. The lowest BCUT2D eigenvalue weighted by Gasteiger charge is -2.40. The van der Waals surface area contributed by atoms with Crippen molar-refractivity contribution >= 4 is 22.1 Å². The Labute approximate surface area is 442 Å². The number of hydrogen-bond acceptors (Lipinski definition) is 11. The summed E-state index contributed by atoms with van der Waals surface area (Å²) in [5.41, 5.74) is 0. The maximum atomic E-state index is 12.9. The Morgan fingerprint density at radius 1 is 0.417 bits per heavy atom. The second-order valence-corrected chi connectivity index (χ2v) is 23.2. The minimum atomic E-state index is -4.60. The molecule has 72 heavy (non-hydrogen) atoms. The number of unbranched alkanes of at least 4 members (excludes halogenated alkanes) is 42. The molecule has 0 bridgehead atoms. The third kappa shape index (κ3) is 42.8. The quantitative estimate of drug-likeness (QED) is 0.0257. The van der Waals surface area contributed by atoms with Crippen molar-refractivity contribution in [3.8, 4) is 0 Å². The highest BCUT2D eigenvalue weighted by molar-refractivity contribution is 7.85.